The van der Waals surface area contributed by atoms with Gasteiger partial charge in [-0.3, -0.25) is 0 Å². The summed E-state index contributed by atoms with van der Waals surface area (Å²) < 4.78 is -6.83. The Morgan fingerprint density at radius 2 is 0.545 bits per heavy atom. The van der Waals surface area contributed by atoms with E-state index in [9.17, 15) is 29.7 Å². The van der Waals surface area contributed by atoms with E-state index >= 15 is 0 Å². The van der Waals surface area contributed by atoms with Gasteiger partial charge in [0.1, 0.15) is 0 Å². The normalized spacial score (nSPS) is 10.8. The molecule has 0 fully saturated rings. The van der Waals surface area contributed by atoms with Crippen LogP contribution >= 0.6 is 104 Å². The molecule has 0 atom stereocenters. The Labute approximate surface area is 198 Å². The molecule has 0 aliphatic rings. The fourth-order valence-corrected chi connectivity index (χ4v) is 0. The molecule has 0 aromatic rings. The molecule has 0 saturated carbocycles. The molecule has 0 N–H and O–H groups in total. The molecule has 0 bridgehead atoms. The van der Waals surface area contributed by atoms with E-state index in [1.54, 1.807) is 0 Å². The van der Waals surface area contributed by atoms with Crippen molar-refractivity contribution < 1.29 is 67.4 Å². The number of carbonyl (C=O) groups is 3. The summed E-state index contributed by atoms with van der Waals surface area (Å²) in [5, 5.41) is 28.5. The van der Waals surface area contributed by atoms with Crippen LogP contribution in [0.5, 0.6) is 0 Å². The fraction of sp³-hybridized carbons (Fsp3) is 0.500. The Balaban J connectivity index is -0.000000108. The molecule has 16 heteroatoms. The van der Waals surface area contributed by atoms with Crippen molar-refractivity contribution in [3.8, 4) is 0 Å². The van der Waals surface area contributed by atoms with Crippen molar-refractivity contribution in [2.45, 2.75) is 11.4 Å². The van der Waals surface area contributed by atoms with E-state index in [0.29, 0.717) is 0 Å². The molecule has 0 heterocycles. The van der Waals surface area contributed by atoms with Crippen LogP contribution in [0.15, 0.2) is 0 Å². The molecule has 0 unspecified atom stereocenters. The van der Waals surface area contributed by atoms with Crippen LogP contribution in [0.2, 0.25) is 0 Å². The third-order valence-corrected chi connectivity index (χ3v) is 2.08. The molecule has 22 heavy (non-hydrogen) atoms. The van der Waals surface area contributed by atoms with E-state index in [2.05, 4.69) is 0 Å². The molecule has 0 aromatic carbocycles. The van der Waals surface area contributed by atoms with Crippen LogP contribution < -0.4 is 15.3 Å². The first-order chi connectivity index (χ1) is 8.83. The summed E-state index contributed by atoms with van der Waals surface area (Å²) in [6.07, 6.45) is 0. The zero-order valence-electron chi connectivity index (χ0n) is 9.15. The minimum atomic E-state index is -2.28. The predicted molar refractivity (Wildman–Crippen MR) is 75.9 cm³/mol. The van der Waals surface area contributed by atoms with E-state index in [4.69, 9.17) is 104 Å². The summed E-state index contributed by atoms with van der Waals surface area (Å²) >= 11 is 42.6. The third-order valence-electron chi connectivity index (χ3n) is 0.694. The van der Waals surface area contributed by atoms with Gasteiger partial charge in [0.2, 0.25) is 11.4 Å². The van der Waals surface area contributed by atoms with E-state index < -0.39 is 29.3 Å². The van der Waals surface area contributed by atoms with Gasteiger partial charge >= 0.3 is 37.7 Å². The van der Waals surface area contributed by atoms with Gasteiger partial charge in [-0.2, -0.15) is 0 Å². The van der Waals surface area contributed by atoms with E-state index in [1.807, 2.05) is 0 Å². The molecule has 0 aliphatic carbocycles. The van der Waals surface area contributed by atoms with Crippen LogP contribution in [-0.4, -0.2) is 29.3 Å². The quantitative estimate of drug-likeness (QED) is 0.275. The van der Waals surface area contributed by atoms with Crippen LogP contribution in [0.25, 0.3) is 0 Å². The van der Waals surface area contributed by atoms with Gasteiger partial charge in [0, 0.05) is 0 Å². The molecule has 0 amide bonds. The molecule has 0 rings (SSSR count). The molecule has 0 spiro atoms. The van der Waals surface area contributed by atoms with Gasteiger partial charge in [0.05, 0.1) is 17.9 Å². The Morgan fingerprint density at radius 3 is 0.545 bits per heavy atom. The Kier molecular flexibility index (Phi) is 19.6. The summed E-state index contributed by atoms with van der Waals surface area (Å²) in [4.78, 5) is 28.5. The van der Waals surface area contributed by atoms with Crippen molar-refractivity contribution in [3.05, 3.63) is 0 Å². The van der Waals surface area contributed by atoms with Gasteiger partial charge in [-0.15, -0.1) is 0 Å². The second-order valence-electron chi connectivity index (χ2n) is 2.36. The second kappa shape index (κ2) is 13.5. The summed E-state index contributed by atoms with van der Waals surface area (Å²) in [6.45, 7) is 0. The monoisotopic (exact) mass is 648 g/mol. The SMILES string of the molecule is O=C([O-])C(Cl)(Cl)Cl.O=C([O-])C(Cl)(Cl)Cl.O=C([O-])C(Cl)(Cl)Cl.[Ho+3]. The van der Waals surface area contributed by atoms with Crippen molar-refractivity contribution in [3.63, 3.8) is 0 Å². The van der Waals surface area contributed by atoms with Crippen LogP contribution in [0.1, 0.15) is 0 Å². The Bertz CT molecular complexity index is 313. The van der Waals surface area contributed by atoms with Crippen LogP contribution in [0.4, 0.5) is 0 Å². The largest absolute Gasteiger partial charge is 3.00 e. The number of hydrogen-bond donors (Lipinski definition) is 0. The van der Waals surface area contributed by atoms with Crippen molar-refractivity contribution >= 4 is 122 Å². The first-order valence-corrected chi connectivity index (χ1v) is 7.08. The fourth-order valence-electron chi connectivity index (χ4n) is 0. The van der Waals surface area contributed by atoms with Crippen LogP contribution in [0.3, 0.4) is 0 Å². The van der Waals surface area contributed by atoms with E-state index in [1.165, 1.54) is 0 Å². The molecule has 0 radical (unpaired) electrons. The molecular weight excluding hydrogens is 652 g/mol. The summed E-state index contributed by atoms with van der Waals surface area (Å²) in [5.41, 5.74) is 0. The number of carbonyl (C=O) groups excluding carboxylic acids is 3. The number of aliphatic carboxylic acids is 3. The van der Waals surface area contributed by atoms with Gasteiger partial charge in [-0.05, 0) is 0 Å². The second-order valence-corrected chi connectivity index (χ2v) is 9.20. The molecular formula is C6Cl9HoO6. The first kappa shape index (κ1) is 32.0. The Hall–Kier alpha value is 2.28. The van der Waals surface area contributed by atoms with Crippen molar-refractivity contribution in [2.24, 2.45) is 0 Å². The van der Waals surface area contributed by atoms with Gasteiger partial charge in [-0.25, -0.2) is 0 Å². The summed E-state index contributed by atoms with van der Waals surface area (Å²) in [7, 11) is 0. The average Bonchev–Trinajstić information content (AvgIpc) is 2.14. The molecule has 0 saturated heterocycles. The maximum atomic E-state index is 9.51. The number of rotatable bonds is 0. The molecule has 6 nitrogen and oxygen atoms in total. The van der Waals surface area contributed by atoms with Gasteiger partial charge in [0.25, 0.3) is 0 Å². The minimum absolute atomic E-state index is 0. The number of carboxylic acid groups (broad SMARTS) is 3. The molecule has 134 valence electrons. The average molecular weight is 652 g/mol. The summed E-state index contributed by atoms with van der Waals surface area (Å²) in [5.74, 6) is -5.13. The zero-order valence-corrected chi connectivity index (χ0v) is 17.9. The van der Waals surface area contributed by atoms with Gasteiger partial charge < -0.3 is 29.7 Å². The number of alkyl halides is 9. The maximum Gasteiger partial charge on any atom is 3.00 e. The smallest absolute Gasteiger partial charge is 0.545 e. The summed E-state index contributed by atoms with van der Waals surface area (Å²) in [6, 6.07) is 0. The third kappa shape index (κ3) is 24.5. The Morgan fingerprint density at radius 1 is 0.500 bits per heavy atom. The van der Waals surface area contributed by atoms with Crippen molar-refractivity contribution in [1.29, 1.82) is 0 Å². The van der Waals surface area contributed by atoms with Crippen LogP contribution in [0, 0.1) is 37.7 Å². The van der Waals surface area contributed by atoms with Gasteiger partial charge in [0.15, 0.2) is 0 Å². The maximum absolute atomic E-state index is 9.51. The van der Waals surface area contributed by atoms with Crippen molar-refractivity contribution in [1.82, 2.24) is 0 Å². The molecule has 0 aromatic heterocycles. The van der Waals surface area contributed by atoms with E-state index in [-0.39, 0.29) is 37.7 Å². The molecule has 0 aliphatic heterocycles. The zero-order chi connectivity index (χ0) is 18.2. The predicted octanol–water partition coefficient (Wildman–Crippen LogP) is 0.319. The minimum Gasteiger partial charge on any atom is -0.545 e. The number of halogens is 9. The standard InChI is InChI=1S/3C2HCl3O2.Ho/c3*3-2(4,5)1(6)7;/h3*(H,6,7);/q;;;+3/p-3. The number of carboxylic acids is 3. The van der Waals surface area contributed by atoms with Crippen molar-refractivity contribution in [2.75, 3.05) is 0 Å². The topological polar surface area (TPSA) is 120 Å². The number of hydrogen-bond acceptors (Lipinski definition) is 6. The van der Waals surface area contributed by atoms with Gasteiger partial charge in [-0.1, -0.05) is 104 Å². The van der Waals surface area contributed by atoms with Crippen LogP contribution in [-0.2, 0) is 14.4 Å². The first-order valence-electron chi connectivity index (χ1n) is 3.68. The van der Waals surface area contributed by atoms with E-state index in [0.717, 1.165) is 0 Å².